The Hall–Kier alpha value is -2.57. The summed E-state index contributed by atoms with van der Waals surface area (Å²) in [6.45, 7) is 0.326. The minimum absolute atomic E-state index is 0.0278. The molecule has 0 radical (unpaired) electrons. The zero-order valence-electron chi connectivity index (χ0n) is 19.6. The topological polar surface area (TPSA) is 54.4 Å². The van der Waals surface area contributed by atoms with E-state index in [0.29, 0.717) is 35.5 Å². The van der Waals surface area contributed by atoms with Gasteiger partial charge in [0.25, 0.3) is 5.91 Å². The number of ether oxygens (including phenoxy) is 2. The number of carbonyl (C=O) groups is 1. The number of benzene rings is 2. The highest BCUT2D eigenvalue weighted by molar-refractivity contribution is 6.34. The molecule has 1 aliphatic heterocycles. The summed E-state index contributed by atoms with van der Waals surface area (Å²) in [6.07, 6.45) is 6.58. The molecule has 33 heavy (non-hydrogen) atoms. The SMILES string of the molecule is COc1ccc(OC)c(C2CC(c3ccccc3Cl)=NN2C(=O)CN(C)C2CCCCC2)c1. The summed E-state index contributed by atoms with van der Waals surface area (Å²) in [5, 5.41) is 7.05. The fourth-order valence-electron chi connectivity index (χ4n) is 4.88. The minimum Gasteiger partial charge on any atom is -0.497 e. The number of hydrogen-bond acceptors (Lipinski definition) is 5. The van der Waals surface area contributed by atoms with Gasteiger partial charge in [-0.25, -0.2) is 5.01 Å². The average molecular weight is 470 g/mol. The first-order valence-electron chi connectivity index (χ1n) is 11.6. The van der Waals surface area contributed by atoms with Gasteiger partial charge < -0.3 is 9.47 Å². The Labute approximate surface area is 201 Å². The van der Waals surface area contributed by atoms with Crippen LogP contribution in [-0.2, 0) is 4.79 Å². The Morgan fingerprint density at radius 1 is 1.12 bits per heavy atom. The molecule has 0 aromatic heterocycles. The molecule has 1 atom stereocenters. The highest BCUT2D eigenvalue weighted by atomic mass is 35.5. The van der Waals surface area contributed by atoms with Crippen LogP contribution in [0.15, 0.2) is 47.6 Å². The zero-order valence-corrected chi connectivity index (χ0v) is 20.3. The highest BCUT2D eigenvalue weighted by Gasteiger charge is 2.36. The van der Waals surface area contributed by atoms with Gasteiger partial charge in [-0.05, 0) is 44.2 Å². The van der Waals surface area contributed by atoms with Crippen LogP contribution in [0.2, 0.25) is 5.02 Å². The molecule has 176 valence electrons. The van der Waals surface area contributed by atoms with Crippen LogP contribution < -0.4 is 9.47 Å². The number of hydrazone groups is 1. The van der Waals surface area contributed by atoms with E-state index in [1.165, 1.54) is 19.3 Å². The number of likely N-dealkylation sites (N-methyl/N-ethyl adjacent to an activating group) is 1. The van der Waals surface area contributed by atoms with Crippen LogP contribution >= 0.6 is 11.6 Å². The number of methoxy groups -OCH3 is 2. The van der Waals surface area contributed by atoms with Gasteiger partial charge in [-0.2, -0.15) is 5.10 Å². The van der Waals surface area contributed by atoms with E-state index in [9.17, 15) is 4.79 Å². The molecule has 4 rings (SSSR count). The molecule has 2 aromatic carbocycles. The number of rotatable bonds is 7. The van der Waals surface area contributed by atoms with Crippen molar-refractivity contribution >= 4 is 23.2 Å². The molecule has 0 spiro atoms. The van der Waals surface area contributed by atoms with Crippen LogP contribution in [0.5, 0.6) is 11.5 Å². The van der Waals surface area contributed by atoms with Gasteiger partial charge in [0.1, 0.15) is 11.5 Å². The first-order chi connectivity index (χ1) is 16.0. The van der Waals surface area contributed by atoms with Gasteiger partial charge in [-0.1, -0.05) is 49.1 Å². The molecule has 0 bridgehead atoms. The highest BCUT2D eigenvalue weighted by Crippen LogP contribution is 2.40. The predicted octanol–water partition coefficient (Wildman–Crippen LogP) is 5.30. The summed E-state index contributed by atoms with van der Waals surface area (Å²) >= 11 is 6.48. The van der Waals surface area contributed by atoms with Gasteiger partial charge in [-0.3, -0.25) is 9.69 Å². The number of carbonyl (C=O) groups excluding carboxylic acids is 1. The van der Waals surface area contributed by atoms with E-state index in [-0.39, 0.29) is 11.9 Å². The number of amides is 1. The van der Waals surface area contributed by atoms with Crippen molar-refractivity contribution in [2.45, 2.75) is 50.6 Å². The van der Waals surface area contributed by atoms with E-state index in [1.807, 2.05) is 49.5 Å². The molecule has 2 aliphatic rings. The summed E-state index contributed by atoms with van der Waals surface area (Å²) < 4.78 is 11.1. The van der Waals surface area contributed by atoms with Crippen molar-refractivity contribution < 1.29 is 14.3 Å². The lowest BCUT2D eigenvalue weighted by molar-refractivity contribution is -0.134. The lowest BCUT2D eigenvalue weighted by Crippen LogP contribution is -2.42. The zero-order chi connectivity index (χ0) is 23.4. The van der Waals surface area contributed by atoms with Crippen LogP contribution in [0.25, 0.3) is 0 Å². The van der Waals surface area contributed by atoms with Crippen LogP contribution in [0, 0.1) is 0 Å². The van der Waals surface area contributed by atoms with E-state index >= 15 is 0 Å². The van der Waals surface area contributed by atoms with E-state index in [2.05, 4.69) is 4.90 Å². The third-order valence-corrected chi connectivity index (χ3v) is 7.06. The fourth-order valence-corrected chi connectivity index (χ4v) is 5.12. The summed E-state index contributed by atoms with van der Waals surface area (Å²) in [6, 6.07) is 13.4. The van der Waals surface area contributed by atoms with E-state index in [0.717, 1.165) is 29.7 Å². The van der Waals surface area contributed by atoms with Crippen LogP contribution in [0.1, 0.15) is 55.7 Å². The lowest BCUT2D eigenvalue weighted by Gasteiger charge is -2.32. The first kappa shape index (κ1) is 23.6. The largest absolute Gasteiger partial charge is 0.497 e. The van der Waals surface area contributed by atoms with Crippen molar-refractivity contribution in [2.24, 2.45) is 5.10 Å². The Balaban J connectivity index is 1.66. The lowest BCUT2D eigenvalue weighted by atomic mass is 9.94. The molecular weight excluding hydrogens is 438 g/mol. The van der Waals surface area contributed by atoms with Gasteiger partial charge in [0.05, 0.1) is 32.5 Å². The molecular formula is C26H32ClN3O3. The molecule has 1 aliphatic carbocycles. The summed E-state index contributed by atoms with van der Waals surface area (Å²) in [5.74, 6) is 1.39. The molecule has 1 saturated carbocycles. The van der Waals surface area contributed by atoms with Gasteiger partial charge in [0, 0.05) is 28.6 Å². The predicted molar refractivity (Wildman–Crippen MR) is 131 cm³/mol. The molecule has 0 saturated heterocycles. The Bertz CT molecular complexity index is 1020. The molecule has 1 heterocycles. The molecule has 1 amide bonds. The first-order valence-corrected chi connectivity index (χ1v) is 12.0. The Kier molecular flexibility index (Phi) is 7.56. The van der Waals surface area contributed by atoms with E-state index in [4.69, 9.17) is 26.2 Å². The molecule has 6 nitrogen and oxygen atoms in total. The second kappa shape index (κ2) is 10.6. The van der Waals surface area contributed by atoms with Crippen molar-refractivity contribution in [2.75, 3.05) is 27.8 Å². The molecule has 0 N–H and O–H groups in total. The van der Waals surface area contributed by atoms with E-state index in [1.54, 1.807) is 19.2 Å². The quantitative estimate of drug-likeness (QED) is 0.552. The van der Waals surface area contributed by atoms with Crippen molar-refractivity contribution in [1.29, 1.82) is 0 Å². The smallest absolute Gasteiger partial charge is 0.257 e. The standard InChI is InChI=1S/C26H32ClN3O3/c1-29(18-9-5-4-6-10-18)17-26(31)30-24(21-15-19(32-2)13-14-25(21)33-3)16-23(28-30)20-11-7-8-12-22(20)27/h7-8,11-15,18,24H,4-6,9-10,16-17H2,1-3H3. The van der Waals surface area contributed by atoms with Gasteiger partial charge in [-0.15, -0.1) is 0 Å². The van der Waals surface area contributed by atoms with Gasteiger partial charge in [0.2, 0.25) is 0 Å². The summed E-state index contributed by atoms with van der Waals surface area (Å²) in [7, 11) is 5.32. The maximum atomic E-state index is 13.6. The molecule has 2 aromatic rings. The maximum absolute atomic E-state index is 13.6. The minimum atomic E-state index is -0.298. The monoisotopic (exact) mass is 469 g/mol. The molecule has 7 heteroatoms. The fraction of sp³-hybridized carbons (Fsp3) is 0.462. The average Bonchev–Trinajstić information content (AvgIpc) is 3.29. The Morgan fingerprint density at radius 2 is 1.88 bits per heavy atom. The van der Waals surface area contributed by atoms with Crippen molar-refractivity contribution in [1.82, 2.24) is 9.91 Å². The molecule has 1 unspecified atom stereocenters. The second-order valence-electron chi connectivity index (χ2n) is 8.80. The number of hydrogen-bond donors (Lipinski definition) is 0. The molecule has 1 fully saturated rings. The van der Waals surface area contributed by atoms with Crippen molar-refractivity contribution in [3.05, 3.63) is 58.6 Å². The third kappa shape index (κ3) is 5.17. The third-order valence-electron chi connectivity index (χ3n) is 6.73. The maximum Gasteiger partial charge on any atom is 0.257 e. The Morgan fingerprint density at radius 3 is 2.58 bits per heavy atom. The normalized spacial score (nSPS) is 19.0. The van der Waals surface area contributed by atoms with Gasteiger partial charge >= 0.3 is 0 Å². The summed E-state index contributed by atoms with van der Waals surface area (Å²) in [5.41, 5.74) is 2.52. The van der Waals surface area contributed by atoms with Crippen LogP contribution in [-0.4, -0.2) is 55.4 Å². The number of halogens is 1. The summed E-state index contributed by atoms with van der Waals surface area (Å²) in [4.78, 5) is 15.8. The van der Waals surface area contributed by atoms with Crippen molar-refractivity contribution in [3.8, 4) is 11.5 Å². The van der Waals surface area contributed by atoms with E-state index < -0.39 is 0 Å². The number of nitrogens with zero attached hydrogens (tertiary/aromatic N) is 3. The van der Waals surface area contributed by atoms with Crippen LogP contribution in [0.4, 0.5) is 0 Å². The second-order valence-corrected chi connectivity index (χ2v) is 9.21. The van der Waals surface area contributed by atoms with Gasteiger partial charge in [0.15, 0.2) is 0 Å². The van der Waals surface area contributed by atoms with Crippen LogP contribution in [0.3, 0.4) is 0 Å². The van der Waals surface area contributed by atoms with Crippen molar-refractivity contribution in [3.63, 3.8) is 0 Å².